The second-order valence-corrected chi connectivity index (χ2v) is 9.32. The molecule has 6 rings (SSSR count). The average molecular weight is 386 g/mol. The van der Waals surface area contributed by atoms with Crippen LogP contribution in [0.5, 0.6) is 0 Å². The Labute approximate surface area is 172 Å². The average Bonchev–Trinajstić information content (AvgIpc) is 3.24. The molecule has 1 fully saturated rings. The summed E-state index contributed by atoms with van der Waals surface area (Å²) in [5.41, 5.74) is 5.81. The van der Waals surface area contributed by atoms with Crippen LogP contribution in [0, 0.1) is 11.8 Å². The summed E-state index contributed by atoms with van der Waals surface area (Å²) in [6.07, 6.45) is 10.8. The standard InChI is InChI=1S/C26H27NO2/c28-26(29)18-13-22-19-10-5-4-9-17(19)15-27-24(16-7-2-1-3-8-16)21-12-6-11-20(21)23(14-18)25(22)27/h1-3,6-8,11,13-14,17,19-21,24H,4-5,9-10,12,15H2,(H,28,29)/t17-,19+,20+,21-,24-/m1/s1. The second-order valence-electron chi connectivity index (χ2n) is 9.32. The van der Waals surface area contributed by atoms with Crippen molar-refractivity contribution < 1.29 is 9.90 Å². The molecule has 0 saturated heterocycles. The molecule has 1 N–H and O–H groups in total. The SMILES string of the molecule is O=C(O)c1cc2c3c(c1)[C@H]1CCCC[C@@H]1CN3[C@H](c1ccccc1)[C@@H]1CC=C[C@H]21. The number of allylic oxidation sites excluding steroid dienone is 2. The summed E-state index contributed by atoms with van der Waals surface area (Å²) >= 11 is 0. The lowest BCUT2D eigenvalue weighted by Gasteiger charge is -2.53. The number of anilines is 1. The molecule has 1 saturated carbocycles. The Morgan fingerprint density at radius 3 is 2.66 bits per heavy atom. The lowest BCUT2D eigenvalue weighted by molar-refractivity contribution is 0.0696. The monoisotopic (exact) mass is 385 g/mol. The molecule has 0 bridgehead atoms. The third kappa shape index (κ3) is 2.52. The van der Waals surface area contributed by atoms with E-state index in [2.05, 4.69) is 47.4 Å². The third-order valence-electron chi connectivity index (χ3n) is 7.90. The molecule has 3 heteroatoms. The molecule has 2 aliphatic carbocycles. The van der Waals surface area contributed by atoms with Crippen LogP contribution in [0.25, 0.3) is 0 Å². The molecule has 0 amide bonds. The number of aromatic carboxylic acids is 1. The van der Waals surface area contributed by atoms with Crippen LogP contribution in [0.4, 0.5) is 5.69 Å². The summed E-state index contributed by atoms with van der Waals surface area (Å²) in [5.74, 6) is 1.18. The van der Waals surface area contributed by atoms with Gasteiger partial charge in [-0.3, -0.25) is 0 Å². The van der Waals surface area contributed by atoms with E-state index < -0.39 is 5.97 Å². The zero-order chi connectivity index (χ0) is 19.5. The largest absolute Gasteiger partial charge is 0.478 e. The highest BCUT2D eigenvalue weighted by atomic mass is 16.4. The number of benzene rings is 2. The van der Waals surface area contributed by atoms with Crippen LogP contribution >= 0.6 is 0 Å². The molecule has 4 aliphatic rings. The molecular formula is C26H27NO2. The number of hydrogen-bond donors (Lipinski definition) is 1. The van der Waals surface area contributed by atoms with E-state index in [1.165, 1.54) is 48.1 Å². The first-order chi connectivity index (χ1) is 14.2. The van der Waals surface area contributed by atoms with Crippen LogP contribution in [0.3, 0.4) is 0 Å². The summed E-state index contributed by atoms with van der Waals surface area (Å²) in [7, 11) is 0. The van der Waals surface area contributed by atoms with Gasteiger partial charge in [-0.2, -0.15) is 0 Å². The fourth-order valence-electron chi connectivity index (χ4n) is 6.74. The van der Waals surface area contributed by atoms with E-state index in [1.807, 2.05) is 12.1 Å². The van der Waals surface area contributed by atoms with Gasteiger partial charge in [-0.1, -0.05) is 55.3 Å². The zero-order valence-electron chi connectivity index (χ0n) is 16.6. The van der Waals surface area contributed by atoms with Gasteiger partial charge in [-0.25, -0.2) is 4.79 Å². The zero-order valence-corrected chi connectivity index (χ0v) is 16.6. The van der Waals surface area contributed by atoms with Gasteiger partial charge < -0.3 is 10.0 Å². The number of fused-ring (bicyclic) bond motifs is 4. The molecule has 0 spiro atoms. The van der Waals surface area contributed by atoms with E-state index in [1.54, 1.807) is 0 Å². The first-order valence-electron chi connectivity index (χ1n) is 11.1. The molecule has 0 radical (unpaired) electrons. The molecule has 148 valence electrons. The van der Waals surface area contributed by atoms with Gasteiger partial charge in [0.25, 0.3) is 0 Å². The van der Waals surface area contributed by atoms with Crippen molar-refractivity contribution in [3.05, 3.63) is 76.9 Å². The minimum Gasteiger partial charge on any atom is -0.478 e. The minimum absolute atomic E-state index is 0.324. The maximum atomic E-state index is 12.0. The molecule has 0 aromatic heterocycles. The Morgan fingerprint density at radius 2 is 1.83 bits per heavy atom. The lowest BCUT2D eigenvalue weighted by atomic mass is 9.66. The predicted octanol–water partition coefficient (Wildman–Crippen LogP) is 5.89. The van der Waals surface area contributed by atoms with Crippen molar-refractivity contribution in [2.45, 2.75) is 50.0 Å². The summed E-state index contributed by atoms with van der Waals surface area (Å²) in [6.45, 7) is 1.11. The van der Waals surface area contributed by atoms with E-state index >= 15 is 0 Å². The Morgan fingerprint density at radius 1 is 1.03 bits per heavy atom. The quantitative estimate of drug-likeness (QED) is 0.655. The van der Waals surface area contributed by atoms with Crippen molar-refractivity contribution in [2.75, 3.05) is 11.4 Å². The van der Waals surface area contributed by atoms with Crippen molar-refractivity contribution in [3.8, 4) is 0 Å². The van der Waals surface area contributed by atoms with Crippen molar-refractivity contribution >= 4 is 11.7 Å². The van der Waals surface area contributed by atoms with Crippen LogP contribution in [-0.4, -0.2) is 17.6 Å². The van der Waals surface area contributed by atoms with Crippen LogP contribution < -0.4 is 4.90 Å². The number of rotatable bonds is 2. The van der Waals surface area contributed by atoms with Crippen molar-refractivity contribution in [3.63, 3.8) is 0 Å². The van der Waals surface area contributed by atoms with E-state index in [9.17, 15) is 9.90 Å². The highest BCUT2D eigenvalue weighted by Gasteiger charge is 2.48. The fraction of sp³-hybridized carbons (Fsp3) is 0.423. The van der Waals surface area contributed by atoms with Gasteiger partial charge in [-0.05, 0) is 65.8 Å². The Kier molecular flexibility index (Phi) is 3.87. The van der Waals surface area contributed by atoms with Crippen LogP contribution in [0.1, 0.15) is 77.0 Å². The number of carbonyl (C=O) groups is 1. The summed E-state index contributed by atoms with van der Waals surface area (Å²) < 4.78 is 0. The normalized spacial score (nSPS) is 31.7. The number of carboxylic acid groups (broad SMARTS) is 1. The maximum Gasteiger partial charge on any atom is 0.335 e. The van der Waals surface area contributed by atoms with E-state index in [-0.39, 0.29) is 0 Å². The lowest BCUT2D eigenvalue weighted by Crippen LogP contribution is -2.47. The highest BCUT2D eigenvalue weighted by molar-refractivity contribution is 5.90. The molecule has 2 heterocycles. The first-order valence-corrected chi connectivity index (χ1v) is 11.1. The van der Waals surface area contributed by atoms with Gasteiger partial charge >= 0.3 is 5.97 Å². The van der Waals surface area contributed by atoms with E-state index in [0.717, 1.165) is 13.0 Å². The Hall–Kier alpha value is -2.55. The third-order valence-corrected chi connectivity index (χ3v) is 7.90. The van der Waals surface area contributed by atoms with E-state index in [4.69, 9.17) is 0 Å². The van der Waals surface area contributed by atoms with Gasteiger partial charge in [0.15, 0.2) is 0 Å². The molecular weight excluding hydrogens is 358 g/mol. The smallest absolute Gasteiger partial charge is 0.335 e. The van der Waals surface area contributed by atoms with Crippen LogP contribution in [-0.2, 0) is 0 Å². The molecule has 29 heavy (non-hydrogen) atoms. The van der Waals surface area contributed by atoms with Gasteiger partial charge in [0.1, 0.15) is 0 Å². The van der Waals surface area contributed by atoms with Gasteiger partial charge in [0, 0.05) is 18.2 Å². The molecule has 0 unspecified atom stereocenters. The van der Waals surface area contributed by atoms with Crippen molar-refractivity contribution in [2.24, 2.45) is 11.8 Å². The first kappa shape index (κ1) is 17.3. The van der Waals surface area contributed by atoms with E-state index in [0.29, 0.717) is 35.3 Å². The number of nitrogens with zero attached hydrogens (tertiary/aromatic N) is 1. The summed E-state index contributed by atoms with van der Waals surface area (Å²) in [6, 6.07) is 15.3. The minimum atomic E-state index is -0.794. The topological polar surface area (TPSA) is 40.5 Å². The molecule has 2 aromatic carbocycles. The number of carboxylic acids is 1. The Bertz CT molecular complexity index is 995. The number of hydrogen-bond acceptors (Lipinski definition) is 2. The van der Waals surface area contributed by atoms with Crippen molar-refractivity contribution in [1.82, 2.24) is 0 Å². The Balaban J connectivity index is 1.60. The predicted molar refractivity (Wildman–Crippen MR) is 115 cm³/mol. The van der Waals surface area contributed by atoms with Crippen LogP contribution in [0.15, 0.2) is 54.6 Å². The molecule has 2 aromatic rings. The highest BCUT2D eigenvalue weighted by Crippen LogP contribution is 2.59. The van der Waals surface area contributed by atoms with Gasteiger partial charge in [-0.15, -0.1) is 0 Å². The second kappa shape index (κ2) is 6.48. The van der Waals surface area contributed by atoms with Gasteiger partial charge in [0.2, 0.25) is 0 Å². The fourth-order valence-corrected chi connectivity index (χ4v) is 6.74. The summed E-state index contributed by atoms with van der Waals surface area (Å²) in [5, 5.41) is 9.83. The van der Waals surface area contributed by atoms with Crippen molar-refractivity contribution in [1.29, 1.82) is 0 Å². The maximum absolute atomic E-state index is 12.0. The molecule has 2 aliphatic heterocycles. The van der Waals surface area contributed by atoms with Gasteiger partial charge in [0.05, 0.1) is 11.6 Å². The van der Waals surface area contributed by atoms with Crippen LogP contribution in [0.2, 0.25) is 0 Å². The molecule has 3 nitrogen and oxygen atoms in total. The molecule has 5 atom stereocenters. The summed E-state index contributed by atoms with van der Waals surface area (Å²) in [4.78, 5) is 14.6.